The van der Waals surface area contributed by atoms with Crippen molar-refractivity contribution in [3.05, 3.63) is 40.1 Å². The maximum absolute atomic E-state index is 12.1. The summed E-state index contributed by atoms with van der Waals surface area (Å²) in [4.78, 5) is 13.9. The summed E-state index contributed by atoms with van der Waals surface area (Å²) in [5.74, 6) is 0.794. The van der Waals surface area contributed by atoms with E-state index >= 15 is 0 Å². The molecule has 0 aliphatic rings. The fraction of sp³-hybridized carbons (Fsp3) is 0.312. The normalized spacial score (nSPS) is 10.4. The molecule has 21 heavy (non-hydrogen) atoms. The van der Waals surface area contributed by atoms with Crippen molar-refractivity contribution in [2.75, 3.05) is 20.2 Å². The lowest BCUT2D eigenvalue weighted by Gasteiger charge is -2.03. The molecule has 1 aromatic heterocycles. The van der Waals surface area contributed by atoms with E-state index in [0.29, 0.717) is 13.1 Å². The number of hydrogen-bond donors (Lipinski definition) is 2. The Morgan fingerprint density at radius 3 is 2.67 bits per heavy atom. The summed E-state index contributed by atoms with van der Waals surface area (Å²) < 4.78 is 5.16. The SMILES string of the molecule is COc1ccc(-c2cc(C(=O)NCCCN)sc2C)cc1. The molecular weight excluding hydrogens is 284 g/mol. The molecule has 1 heterocycles. The van der Waals surface area contributed by atoms with Gasteiger partial charge in [-0.25, -0.2) is 0 Å². The standard InChI is InChI=1S/C16H20N2O2S/c1-11-14(12-4-6-13(20-2)7-5-12)10-15(21-11)16(19)18-9-3-8-17/h4-7,10H,3,8-9,17H2,1-2H3,(H,18,19). The molecule has 4 nitrogen and oxygen atoms in total. The minimum atomic E-state index is -0.0312. The summed E-state index contributed by atoms with van der Waals surface area (Å²) in [5, 5.41) is 2.88. The Kier molecular flexibility index (Phi) is 5.36. The molecular formula is C16H20N2O2S. The third-order valence-corrected chi connectivity index (χ3v) is 4.26. The van der Waals surface area contributed by atoms with Crippen LogP contribution in [0, 0.1) is 6.92 Å². The van der Waals surface area contributed by atoms with E-state index in [-0.39, 0.29) is 5.91 Å². The molecule has 112 valence electrons. The van der Waals surface area contributed by atoms with Crippen LogP contribution in [0.1, 0.15) is 21.0 Å². The van der Waals surface area contributed by atoms with Crippen molar-refractivity contribution in [1.82, 2.24) is 5.32 Å². The van der Waals surface area contributed by atoms with Crippen LogP contribution in [0.3, 0.4) is 0 Å². The number of methoxy groups -OCH3 is 1. The van der Waals surface area contributed by atoms with Gasteiger partial charge in [0, 0.05) is 11.4 Å². The van der Waals surface area contributed by atoms with Crippen LogP contribution in [0.15, 0.2) is 30.3 Å². The minimum Gasteiger partial charge on any atom is -0.497 e. The zero-order valence-electron chi connectivity index (χ0n) is 12.3. The average molecular weight is 304 g/mol. The number of benzene rings is 1. The molecule has 5 heteroatoms. The summed E-state index contributed by atoms with van der Waals surface area (Å²) in [6, 6.07) is 9.80. The Hall–Kier alpha value is -1.85. The van der Waals surface area contributed by atoms with Gasteiger partial charge in [0.05, 0.1) is 12.0 Å². The van der Waals surface area contributed by atoms with Gasteiger partial charge in [0.15, 0.2) is 0 Å². The monoisotopic (exact) mass is 304 g/mol. The Balaban J connectivity index is 2.16. The van der Waals surface area contributed by atoms with Gasteiger partial charge in [-0.05, 0) is 49.2 Å². The number of amides is 1. The molecule has 0 unspecified atom stereocenters. The third kappa shape index (κ3) is 3.83. The molecule has 0 fully saturated rings. The van der Waals surface area contributed by atoms with Crippen LogP contribution in [0.25, 0.3) is 11.1 Å². The van der Waals surface area contributed by atoms with Gasteiger partial charge in [0.1, 0.15) is 5.75 Å². The largest absolute Gasteiger partial charge is 0.497 e. The van der Waals surface area contributed by atoms with Crippen molar-refractivity contribution in [2.24, 2.45) is 5.73 Å². The predicted molar refractivity (Wildman–Crippen MR) is 87.0 cm³/mol. The van der Waals surface area contributed by atoms with Gasteiger partial charge in [0.2, 0.25) is 0 Å². The van der Waals surface area contributed by atoms with Crippen LogP contribution in [-0.2, 0) is 0 Å². The number of rotatable bonds is 6. The Labute approximate surface area is 128 Å². The van der Waals surface area contributed by atoms with E-state index in [9.17, 15) is 4.79 Å². The lowest BCUT2D eigenvalue weighted by atomic mass is 10.1. The Bertz CT molecular complexity index is 605. The number of ether oxygens (including phenoxy) is 1. The molecule has 1 aromatic carbocycles. The van der Waals surface area contributed by atoms with Crippen molar-refractivity contribution in [3.8, 4) is 16.9 Å². The van der Waals surface area contributed by atoms with Crippen LogP contribution in [0.5, 0.6) is 5.75 Å². The highest BCUT2D eigenvalue weighted by molar-refractivity contribution is 7.14. The summed E-state index contributed by atoms with van der Waals surface area (Å²) in [6.07, 6.45) is 0.793. The molecule has 3 N–H and O–H groups in total. The van der Waals surface area contributed by atoms with Crippen molar-refractivity contribution in [2.45, 2.75) is 13.3 Å². The molecule has 0 spiro atoms. The third-order valence-electron chi connectivity index (χ3n) is 3.21. The maximum Gasteiger partial charge on any atom is 0.261 e. The number of hydrogen-bond acceptors (Lipinski definition) is 4. The molecule has 0 aliphatic heterocycles. The first-order valence-electron chi connectivity index (χ1n) is 6.89. The number of thiophene rings is 1. The smallest absolute Gasteiger partial charge is 0.261 e. The molecule has 1 amide bonds. The first-order valence-corrected chi connectivity index (χ1v) is 7.70. The van der Waals surface area contributed by atoms with E-state index in [1.807, 2.05) is 37.3 Å². The maximum atomic E-state index is 12.1. The first kappa shape index (κ1) is 15.5. The summed E-state index contributed by atoms with van der Waals surface area (Å²) >= 11 is 1.51. The van der Waals surface area contributed by atoms with Gasteiger partial charge in [-0.2, -0.15) is 0 Å². The topological polar surface area (TPSA) is 64.3 Å². The van der Waals surface area contributed by atoms with Gasteiger partial charge in [-0.3, -0.25) is 4.79 Å². The van der Waals surface area contributed by atoms with E-state index in [2.05, 4.69) is 5.32 Å². The second-order valence-corrected chi connectivity index (χ2v) is 5.96. The van der Waals surface area contributed by atoms with E-state index < -0.39 is 0 Å². The Morgan fingerprint density at radius 2 is 2.05 bits per heavy atom. The highest BCUT2D eigenvalue weighted by Crippen LogP contribution is 2.31. The molecule has 0 atom stereocenters. The molecule has 2 rings (SSSR count). The molecule has 0 radical (unpaired) electrons. The van der Waals surface area contributed by atoms with E-state index in [4.69, 9.17) is 10.5 Å². The number of carbonyl (C=O) groups is 1. The summed E-state index contributed by atoms with van der Waals surface area (Å²) in [6.45, 7) is 3.23. The average Bonchev–Trinajstić information content (AvgIpc) is 2.89. The number of nitrogens with one attached hydrogen (secondary N) is 1. The van der Waals surface area contributed by atoms with Gasteiger partial charge in [0.25, 0.3) is 5.91 Å². The number of nitrogens with two attached hydrogens (primary N) is 1. The number of carbonyl (C=O) groups excluding carboxylic acids is 1. The highest BCUT2D eigenvalue weighted by atomic mass is 32.1. The van der Waals surface area contributed by atoms with Crippen molar-refractivity contribution >= 4 is 17.2 Å². The minimum absolute atomic E-state index is 0.0312. The summed E-state index contributed by atoms with van der Waals surface area (Å²) in [5.41, 5.74) is 7.60. The van der Waals surface area contributed by atoms with Crippen molar-refractivity contribution < 1.29 is 9.53 Å². The lowest BCUT2D eigenvalue weighted by molar-refractivity contribution is 0.0957. The fourth-order valence-electron chi connectivity index (χ4n) is 2.04. The molecule has 0 aliphatic carbocycles. The first-order chi connectivity index (χ1) is 10.2. The van der Waals surface area contributed by atoms with E-state index in [1.165, 1.54) is 11.3 Å². The van der Waals surface area contributed by atoms with Crippen LogP contribution in [0.2, 0.25) is 0 Å². The zero-order chi connectivity index (χ0) is 15.2. The molecule has 0 bridgehead atoms. The van der Waals surface area contributed by atoms with Gasteiger partial charge in [-0.15, -0.1) is 11.3 Å². The molecule has 0 saturated heterocycles. The summed E-state index contributed by atoms with van der Waals surface area (Å²) in [7, 11) is 1.65. The van der Waals surface area contributed by atoms with Gasteiger partial charge in [-0.1, -0.05) is 12.1 Å². The van der Waals surface area contributed by atoms with E-state index in [0.717, 1.165) is 33.1 Å². The second kappa shape index (κ2) is 7.24. The second-order valence-electron chi connectivity index (χ2n) is 4.71. The quantitative estimate of drug-likeness (QED) is 0.807. The molecule has 0 saturated carbocycles. The van der Waals surface area contributed by atoms with Gasteiger partial charge >= 0.3 is 0 Å². The van der Waals surface area contributed by atoms with Gasteiger partial charge < -0.3 is 15.8 Å². The molecule has 2 aromatic rings. The van der Waals surface area contributed by atoms with Crippen LogP contribution in [0.4, 0.5) is 0 Å². The van der Waals surface area contributed by atoms with Crippen LogP contribution < -0.4 is 15.8 Å². The van der Waals surface area contributed by atoms with Crippen molar-refractivity contribution in [3.63, 3.8) is 0 Å². The van der Waals surface area contributed by atoms with Crippen LogP contribution >= 0.6 is 11.3 Å². The Morgan fingerprint density at radius 1 is 1.33 bits per heavy atom. The fourth-order valence-corrected chi connectivity index (χ4v) is 3.00. The lowest BCUT2D eigenvalue weighted by Crippen LogP contribution is -2.25. The number of aryl methyl sites for hydroxylation is 1. The van der Waals surface area contributed by atoms with Crippen LogP contribution in [-0.4, -0.2) is 26.1 Å². The predicted octanol–water partition coefficient (Wildman–Crippen LogP) is 2.81. The van der Waals surface area contributed by atoms with Crippen molar-refractivity contribution in [1.29, 1.82) is 0 Å². The highest BCUT2D eigenvalue weighted by Gasteiger charge is 2.13. The zero-order valence-corrected chi connectivity index (χ0v) is 13.1. The van der Waals surface area contributed by atoms with E-state index in [1.54, 1.807) is 7.11 Å².